The van der Waals surface area contributed by atoms with Crippen molar-refractivity contribution in [2.75, 3.05) is 6.54 Å². The van der Waals surface area contributed by atoms with E-state index in [0.717, 1.165) is 12.8 Å². The minimum Gasteiger partial charge on any atom is -0.393 e. The third-order valence-electron chi connectivity index (χ3n) is 2.94. The first-order valence-corrected chi connectivity index (χ1v) is 4.05. The van der Waals surface area contributed by atoms with E-state index in [1.807, 2.05) is 6.92 Å². The van der Waals surface area contributed by atoms with Crippen LogP contribution in [0.25, 0.3) is 0 Å². The molecule has 0 aromatic rings. The molecule has 0 radical (unpaired) electrons. The summed E-state index contributed by atoms with van der Waals surface area (Å²) in [7, 11) is 0. The number of nitrogens with two attached hydrogens (primary N) is 1. The van der Waals surface area contributed by atoms with Gasteiger partial charge in [-0.15, -0.1) is 0 Å². The molecule has 0 unspecified atom stereocenters. The lowest BCUT2D eigenvalue weighted by Gasteiger charge is -2.19. The third kappa shape index (κ3) is 0.956. The zero-order valence-electron chi connectivity index (χ0n) is 6.80. The minimum absolute atomic E-state index is 0.0920. The van der Waals surface area contributed by atoms with E-state index < -0.39 is 0 Å². The maximum absolute atomic E-state index is 9.54. The molecule has 3 N–H and O–H groups in total. The van der Waals surface area contributed by atoms with Crippen molar-refractivity contribution in [2.24, 2.45) is 17.1 Å². The molecular weight excluding hydrogens is 126 g/mol. The molecule has 0 amide bonds. The highest BCUT2D eigenvalue weighted by Crippen LogP contribution is 2.54. The first kappa shape index (κ1) is 8.02. The van der Waals surface area contributed by atoms with Gasteiger partial charge in [-0.3, -0.25) is 0 Å². The molecule has 0 aliphatic heterocycles. The second-order valence-corrected chi connectivity index (χ2v) is 3.47. The second-order valence-electron chi connectivity index (χ2n) is 3.47. The summed E-state index contributed by atoms with van der Waals surface area (Å²) in [5.74, 6) is 0.632. The van der Waals surface area contributed by atoms with Gasteiger partial charge >= 0.3 is 0 Å². The minimum atomic E-state index is -0.174. The summed E-state index contributed by atoms with van der Waals surface area (Å²) in [6.45, 7) is 4.81. The van der Waals surface area contributed by atoms with Crippen LogP contribution in [0.5, 0.6) is 0 Å². The van der Waals surface area contributed by atoms with Crippen LogP contribution in [0.15, 0.2) is 0 Å². The molecule has 1 aliphatic carbocycles. The van der Waals surface area contributed by atoms with Gasteiger partial charge in [0.2, 0.25) is 0 Å². The van der Waals surface area contributed by atoms with Crippen LogP contribution < -0.4 is 5.73 Å². The van der Waals surface area contributed by atoms with Gasteiger partial charge in [-0.25, -0.2) is 0 Å². The summed E-state index contributed by atoms with van der Waals surface area (Å²) < 4.78 is 0. The van der Waals surface area contributed by atoms with Crippen LogP contribution in [0.4, 0.5) is 0 Å². The van der Waals surface area contributed by atoms with Crippen molar-refractivity contribution in [1.29, 1.82) is 0 Å². The lowest BCUT2D eigenvalue weighted by atomic mass is 9.95. The smallest absolute Gasteiger partial charge is 0.0608 e. The van der Waals surface area contributed by atoms with E-state index in [2.05, 4.69) is 6.92 Å². The maximum Gasteiger partial charge on any atom is 0.0608 e. The number of rotatable bonds is 3. The highest BCUT2D eigenvalue weighted by Gasteiger charge is 2.54. The topological polar surface area (TPSA) is 46.2 Å². The Kier molecular flexibility index (Phi) is 2.02. The van der Waals surface area contributed by atoms with Gasteiger partial charge in [0, 0.05) is 12.0 Å². The quantitative estimate of drug-likeness (QED) is 0.612. The number of aliphatic hydroxyl groups excluding tert-OH is 1. The van der Waals surface area contributed by atoms with Crippen molar-refractivity contribution in [3.05, 3.63) is 0 Å². The average Bonchev–Trinajstić information content (AvgIpc) is 2.61. The molecular formula is C8H17NO. The number of aliphatic hydroxyl groups is 1. The molecule has 1 aliphatic rings. The largest absolute Gasteiger partial charge is 0.393 e. The molecule has 0 heterocycles. The Hall–Kier alpha value is -0.0800. The molecule has 1 fully saturated rings. The van der Waals surface area contributed by atoms with Gasteiger partial charge < -0.3 is 10.8 Å². The Morgan fingerprint density at radius 2 is 2.30 bits per heavy atom. The molecule has 0 saturated heterocycles. The Labute approximate surface area is 62.4 Å². The molecule has 0 aromatic carbocycles. The predicted octanol–water partition coefficient (Wildman–Crippen LogP) is 0.742. The van der Waals surface area contributed by atoms with Crippen molar-refractivity contribution < 1.29 is 5.11 Å². The average molecular weight is 143 g/mol. The van der Waals surface area contributed by atoms with Gasteiger partial charge in [0.1, 0.15) is 0 Å². The van der Waals surface area contributed by atoms with Gasteiger partial charge in [0.15, 0.2) is 0 Å². The molecule has 3 atom stereocenters. The highest BCUT2D eigenvalue weighted by molar-refractivity contribution is 5.04. The van der Waals surface area contributed by atoms with Gasteiger partial charge in [-0.1, -0.05) is 13.8 Å². The van der Waals surface area contributed by atoms with E-state index in [-0.39, 0.29) is 11.5 Å². The summed E-state index contributed by atoms with van der Waals surface area (Å²) in [5, 5.41) is 9.54. The fourth-order valence-corrected chi connectivity index (χ4v) is 1.80. The van der Waals surface area contributed by atoms with Crippen LogP contribution in [-0.2, 0) is 0 Å². The molecule has 60 valence electrons. The van der Waals surface area contributed by atoms with Crippen LogP contribution >= 0.6 is 0 Å². The van der Waals surface area contributed by atoms with Crippen molar-refractivity contribution in [3.8, 4) is 0 Å². The van der Waals surface area contributed by atoms with Crippen molar-refractivity contribution in [1.82, 2.24) is 0 Å². The fourth-order valence-electron chi connectivity index (χ4n) is 1.80. The van der Waals surface area contributed by atoms with Crippen molar-refractivity contribution >= 4 is 0 Å². The summed E-state index contributed by atoms with van der Waals surface area (Å²) in [6.07, 6.45) is 1.77. The monoisotopic (exact) mass is 143 g/mol. The van der Waals surface area contributed by atoms with Crippen molar-refractivity contribution in [3.63, 3.8) is 0 Å². The summed E-state index contributed by atoms with van der Waals surface area (Å²) in [4.78, 5) is 0. The van der Waals surface area contributed by atoms with Gasteiger partial charge in [-0.2, -0.15) is 0 Å². The van der Waals surface area contributed by atoms with Crippen LogP contribution in [0, 0.1) is 11.3 Å². The van der Waals surface area contributed by atoms with E-state index in [0.29, 0.717) is 12.5 Å². The molecule has 0 bridgehead atoms. The molecule has 0 aromatic heterocycles. The van der Waals surface area contributed by atoms with E-state index in [9.17, 15) is 5.11 Å². The van der Waals surface area contributed by atoms with Crippen LogP contribution in [0.2, 0.25) is 0 Å². The van der Waals surface area contributed by atoms with Gasteiger partial charge in [0.05, 0.1) is 6.10 Å². The first-order valence-electron chi connectivity index (χ1n) is 4.05. The van der Waals surface area contributed by atoms with Gasteiger partial charge in [0.25, 0.3) is 0 Å². The predicted molar refractivity (Wildman–Crippen MR) is 41.6 cm³/mol. The molecule has 2 heteroatoms. The Balaban J connectivity index is 2.51. The fraction of sp³-hybridized carbons (Fsp3) is 1.00. The normalized spacial score (nSPS) is 41.4. The lowest BCUT2D eigenvalue weighted by Crippen LogP contribution is -2.30. The van der Waals surface area contributed by atoms with Gasteiger partial charge in [-0.05, 0) is 18.8 Å². The standard InChI is InChI=1S/C8H17NO/c1-3-7(10)8(5-9)4-6(8)2/h6-7,10H,3-5,9H2,1-2H3/t6-,7-,8-/m0/s1. The van der Waals surface area contributed by atoms with E-state index in [4.69, 9.17) is 5.73 Å². The van der Waals surface area contributed by atoms with E-state index in [1.54, 1.807) is 0 Å². The second kappa shape index (κ2) is 2.51. The zero-order valence-corrected chi connectivity index (χ0v) is 6.80. The van der Waals surface area contributed by atoms with E-state index >= 15 is 0 Å². The van der Waals surface area contributed by atoms with Crippen LogP contribution in [0.3, 0.4) is 0 Å². The van der Waals surface area contributed by atoms with Crippen LogP contribution in [0.1, 0.15) is 26.7 Å². The Bertz CT molecular complexity index is 122. The first-order chi connectivity index (χ1) is 4.67. The summed E-state index contributed by atoms with van der Waals surface area (Å²) >= 11 is 0. The molecule has 10 heavy (non-hydrogen) atoms. The maximum atomic E-state index is 9.54. The molecule has 1 saturated carbocycles. The number of hydrogen-bond donors (Lipinski definition) is 2. The summed E-state index contributed by atoms with van der Waals surface area (Å²) in [5.41, 5.74) is 5.67. The molecule has 0 spiro atoms. The SMILES string of the molecule is CC[C@H](O)[C@]1(CN)C[C@@H]1C. The Morgan fingerprint density at radius 1 is 1.80 bits per heavy atom. The third-order valence-corrected chi connectivity index (χ3v) is 2.94. The summed E-state index contributed by atoms with van der Waals surface area (Å²) in [6, 6.07) is 0. The molecule has 2 nitrogen and oxygen atoms in total. The van der Waals surface area contributed by atoms with Crippen LogP contribution in [-0.4, -0.2) is 17.8 Å². The lowest BCUT2D eigenvalue weighted by molar-refractivity contribution is 0.0852. The highest BCUT2D eigenvalue weighted by atomic mass is 16.3. The zero-order chi connectivity index (χ0) is 7.78. The van der Waals surface area contributed by atoms with Crippen molar-refractivity contribution in [2.45, 2.75) is 32.8 Å². The number of hydrogen-bond acceptors (Lipinski definition) is 2. The Morgan fingerprint density at radius 3 is 2.40 bits per heavy atom. The van der Waals surface area contributed by atoms with E-state index in [1.165, 1.54) is 0 Å². The molecule has 1 rings (SSSR count).